The van der Waals surface area contributed by atoms with Gasteiger partial charge in [0.05, 0.1) is 12.5 Å². The Bertz CT molecular complexity index is 1410. The zero-order valence-corrected chi connectivity index (χ0v) is 23.0. The molecule has 0 radical (unpaired) electrons. The molecular weight excluding hydrogens is 544 g/mol. The largest absolute Gasteiger partial charge is 0.481 e. The SMILES string of the molecule is CC(C(=O)NC(CC(=O)O)C(=O)Cn1nnnc1Cc1ccccc1)N1CCCC[C@H](NC(=O)c2ccncc2)C1=O. The van der Waals surface area contributed by atoms with Crippen LogP contribution in [0.25, 0.3) is 0 Å². The number of nitrogens with zero attached hydrogens (tertiary/aromatic N) is 6. The molecule has 0 bridgehead atoms. The van der Waals surface area contributed by atoms with E-state index in [0.29, 0.717) is 37.1 Å². The highest BCUT2D eigenvalue weighted by molar-refractivity contribution is 5.99. The van der Waals surface area contributed by atoms with E-state index in [0.717, 1.165) is 5.56 Å². The Morgan fingerprint density at radius 3 is 2.52 bits per heavy atom. The predicted molar refractivity (Wildman–Crippen MR) is 147 cm³/mol. The molecule has 4 rings (SSSR count). The number of carboxylic acid groups (broad SMARTS) is 1. The van der Waals surface area contributed by atoms with Crippen molar-refractivity contribution in [2.24, 2.45) is 0 Å². The van der Waals surface area contributed by atoms with Crippen LogP contribution in [0.2, 0.25) is 0 Å². The van der Waals surface area contributed by atoms with Crippen LogP contribution in [0.1, 0.15) is 54.4 Å². The topological polar surface area (TPSA) is 189 Å². The van der Waals surface area contributed by atoms with Crippen LogP contribution in [0.4, 0.5) is 0 Å². The summed E-state index contributed by atoms with van der Waals surface area (Å²) in [5, 5.41) is 26.2. The molecule has 3 N–H and O–H groups in total. The number of hydrogen-bond donors (Lipinski definition) is 3. The van der Waals surface area contributed by atoms with Crippen molar-refractivity contribution in [3.63, 3.8) is 0 Å². The minimum atomic E-state index is -1.38. The first-order valence-corrected chi connectivity index (χ1v) is 13.6. The number of tetrazole rings is 1. The first-order valence-electron chi connectivity index (χ1n) is 13.6. The Hall–Kier alpha value is -5.01. The van der Waals surface area contributed by atoms with Crippen molar-refractivity contribution >= 4 is 29.5 Å². The molecule has 1 aromatic carbocycles. The summed E-state index contributed by atoms with van der Waals surface area (Å²) in [6.45, 7) is 1.41. The third-order valence-corrected chi connectivity index (χ3v) is 7.02. The smallest absolute Gasteiger partial charge is 0.305 e. The number of carboxylic acids is 1. The molecule has 42 heavy (non-hydrogen) atoms. The van der Waals surface area contributed by atoms with Gasteiger partial charge in [-0.2, -0.15) is 0 Å². The fourth-order valence-corrected chi connectivity index (χ4v) is 4.69. The van der Waals surface area contributed by atoms with E-state index < -0.39 is 54.0 Å². The van der Waals surface area contributed by atoms with Crippen molar-refractivity contribution < 1.29 is 29.1 Å². The molecule has 0 spiro atoms. The third-order valence-electron chi connectivity index (χ3n) is 7.02. The molecule has 3 heterocycles. The molecule has 3 aromatic rings. The molecule has 2 aromatic heterocycles. The fourth-order valence-electron chi connectivity index (χ4n) is 4.69. The molecule has 220 valence electrons. The summed E-state index contributed by atoms with van der Waals surface area (Å²) in [6.07, 6.45) is 4.29. The highest BCUT2D eigenvalue weighted by Crippen LogP contribution is 2.16. The molecule has 3 atom stereocenters. The van der Waals surface area contributed by atoms with Crippen LogP contribution in [0.3, 0.4) is 0 Å². The number of nitrogens with one attached hydrogen (secondary N) is 2. The van der Waals surface area contributed by atoms with Gasteiger partial charge in [0.15, 0.2) is 11.6 Å². The van der Waals surface area contributed by atoms with E-state index >= 15 is 0 Å². The van der Waals surface area contributed by atoms with Crippen LogP contribution in [-0.2, 0) is 32.1 Å². The van der Waals surface area contributed by atoms with Gasteiger partial charge in [-0.1, -0.05) is 30.3 Å². The summed E-state index contributed by atoms with van der Waals surface area (Å²) in [5.41, 5.74) is 1.27. The molecule has 3 amide bonds. The fraction of sp³-hybridized carbons (Fsp3) is 0.393. The Labute approximate surface area is 241 Å². The molecule has 1 saturated heterocycles. The summed E-state index contributed by atoms with van der Waals surface area (Å²) >= 11 is 0. The molecule has 14 nitrogen and oxygen atoms in total. The first-order chi connectivity index (χ1) is 20.2. The Balaban J connectivity index is 1.42. The average Bonchev–Trinajstić information content (AvgIpc) is 3.33. The normalized spacial score (nSPS) is 16.6. The number of hydrogen-bond acceptors (Lipinski definition) is 9. The van der Waals surface area contributed by atoms with Crippen molar-refractivity contribution in [2.75, 3.05) is 6.54 Å². The number of likely N-dealkylation sites (tertiary alicyclic amines) is 1. The van der Waals surface area contributed by atoms with Gasteiger partial charge in [0, 0.05) is 30.9 Å². The molecule has 0 aliphatic carbocycles. The quantitative estimate of drug-likeness (QED) is 0.272. The van der Waals surface area contributed by atoms with E-state index in [-0.39, 0.29) is 13.1 Å². The van der Waals surface area contributed by atoms with E-state index in [4.69, 9.17) is 0 Å². The number of rotatable bonds is 12. The molecule has 2 unspecified atom stereocenters. The number of ketones is 1. The van der Waals surface area contributed by atoms with Gasteiger partial charge in [0.1, 0.15) is 18.6 Å². The van der Waals surface area contributed by atoms with Crippen molar-refractivity contribution in [1.82, 2.24) is 40.7 Å². The number of aliphatic carboxylic acids is 1. The molecule has 14 heteroatoms. The van der Waals surface area contributed by atoms with Gasteiger partial charge >= 0.3 is 5.97 Å². The number of Topliss-reactive ketones (excluding diaryl/α,β-unsaturated/α-hetero) is 1. The predicted octanol–water partition coefficient (Wildman–Crippen LogP) is 0.387. The van der Waals surface area contributed by atoms with Crippen LogP contribution in [-0.4, -0.2) is 89.3 Å². The lowest BCUT2D eigenvalue weighted by molar-refractivity contribution is -0.143. The maximum Gasteiger partial charge on any atom is 0.305 e. The van der Waals surface area contributed by atoms with Crippen molar-refractivity contribution in [3.8, 4) is 0 Å². The monoisotopic (exact) mass is 576 g/mol. The lowest BCUT2D eigenvalue weighted by Crippen LogP contribution is -2.56. The van der Waals surface area contributed by atoms with Crippen LogP contribution >= 0.6 is 0 Å². The Kier molecular flexibility index (Phi) is 10.0. The Morgan fingerprint density at radius 2 is 1.81 bits per heavy atom. The van der Waals surface area contributed by atoms with Crippen molar-refractivity contribution in [1.29, 1.82) is 0 Å². The zero-order valence-electron chi connectivity index (χ0n) is 23.0. The average molecular weight is 577 g/mol. The Morgan fingerprint density at radius 1 is 1.07 bits per heavy atom. The number of carbonyl (C=O) groups excluding carboxylic acids is 4. The summed E-state index contributed by atoms with van der Waals surface area (Å²) in [7, 11) is 0. The van der Waals surface area contributed by atoms with Gasteiger partial charge in [0.25, 0.3) is 5.91 Å². The standard InChI is InChI=1S/C28H32N8O6/c1-18(35-14-6-5-9-21(28(35)42)30-27(41)20-10-12-29-13-11-20)26(40)31-22(16-25(38)39)23(37)17-36-24(32-33-34-36)15-19-7-3-2-4-8-19/h2-4,7-8,10-13,18,21-22H,5-6,9,14-17H2,1H3,(H,30,41)(H,31,40)(H,38,39)/t18?,21-,22?/m0/s1. The highest BCUT2D eigenvalue weighted by atomic mass is 16.4. The van der Waals surface area contributed by atoms with E-state index in [2.05, 4.69) is 31.1 Å². The minimum absolute atomic E-state index is 0.264. The molecule has 1 fully saturated rings. The second kappa shape index (κ2) is 14.1. The van der Waals surface area contributed by atoms with Gasteiger partial charge < -0.3 is 20.6 Å². The van der Waals surface area contributed by atoms with Crippen LogP contribution in [0.5, 0.6) is 0 Å². The second-order valence-corrected chi connectivity index (χ2v) is 10.0. The molecule has 1 aliphatic rings. The van der Waals surface area contributed by atoms with Gasteiger partial charge in [0.2, 0.25) is 11.8 Å². The second-order valence-electron chi connectivity index (χ2n) is 10.0. The van der Waals surface area contributed by atoms with Gasteiger partial charge in [-0.25, -0.2) is 4.68 Å². The van der Waals surface area contributed by atoms with Crippen LogP contribution < -0.4 is 10.6 Å². The maximum absolute atomic E-state index is 13.4. The van der Waals surface area contributed by atoms with E-state index in [9.17, 15) is 29.1 Å². The lowest BCUT2D eigenvalue weighted by atomic mass is 10.1. The maximum atomic E-state index is 13.4. The summed E-state index contributed by atoms with van der Waals surface area (Å²) < 4.78 is 1.27. The molecule has 1 aliphatic heterocycles. The highest BCUT2D eigenvalue weighted by Gasteiger charge is 2.35. The summed E-state index contributed by atoms with van der Waals surface area (Å²) in [6, 6.07) is 9.17. The number of aromatic nitrogens is 5. The molecule has 0 saturated carbocycles. The van der Waals surface area contributed by atoms with E-state index in [1.54, 1.807) is 0 Å². The third kappa shape index (κ3) is 7.80. The van der Waals surface area contributed by atoms with E-state index in [1.807, 2.05) is 30.3 Å². The van der Waals surface area contributed by atoms with Crippen molar-refractivity contribution in [2.45, 2.75) is 63.7 Å². The lowest BCUT2D eigenvalue weighted by Gasteiger charge is -2.30. The molecular formula is C28H32N8O6. The van der Waals surface area contributed by atoms with Crippen molar-refractivity contribution in [3.05, 3.63) is 71.8 Å². The van der Waals surface area contributed by atoms with Gasteiger partial charge in [-0.15, -0.1) is 5.10 Å². The number of amides is 3. The number of pyridine rings is 1. The van der Waals surface area contributed by atoms with Crippen LogP contribution in [0.15, 0.2) is 54.9 Å². The van der Waals surface area contributed by atoms with Gasteiger partial charge in [-0.05, 0) is 54.3 Å². The van der Waals surface area contributed by atoms with Gasteiger partial charge in [-0.3, -0.25) is 29.0 Å². The minimum Gasteiger partial charge on any atom is -0.481 e. The first kappa shape index (κ1) is 30.0. The zero-order chi connectivity index (χ0) is 30.1. The van der Waals surface area contributed by atoms with Crippen LogP contribution in [0, 0.1) is 0 Å². The number of benzene rings is 1. The summed E-state index contributed by atoms with van der Waals surface area (Å²) in [5.74, 6) is -3.05. The summed E-state index contributed by atoms with van der Waals surface area (Å²) in [4.78, 5) is 69.3. The number of carbonyl (C=O) groups is 5. The van der Waals surface area contributed by atoms with E-state index in [1.165, 1.54) is 41.0 Å².